The minimum atomic E-state index is -0.904. The summed E-state index contributed by atoms with van der Waals surface area (Å²) in [7, 11) is 0. The molecule has 7 heteroatoms. The Kier molecular flexibility index (Phi) is 18.1. The summed E-state index contributed by atoms with van der Waals surface area (Å²) in [5, 5.41) is 9.14. The highest BCUT2D eigenvalue weighted by Crippen LogP contribution is 2.25. The Hall–Kier alpha value is -1.90. The Morgan fingerprint density at radius 1 is 1.00 bits per heavy atom. The number of carbonyl (C=O) groups is 1. The molecule has 0 unspecified atom stereocenters. The average Bonchev–Trinajstić information content (AvgIpc) is 2.85. The van der Waals surface area contributed by atoms with Gasteiger partial charge in [-0.15, -0.1) is 11.8 Å². The summed E-state index contributed by atoms with van der Waals surface area (Å²) >= 11 is 1.68. The highest BCUT2D eigenvalue weighted by molar-refractivity contribution is 8.02. The lowest BCUT2D eigenvalue weighted by atomic mass is 10.1. The van der Waals surface area contributed by atoms with Crippen molar-refractivity contribution >= 4 is 17.7 Å². The molecule has 0 aliphatic rings. The topological polar surface area (TPSA) is 74.2 Å². The third-order valence-corrected chi connectivity index (χ3v) is 5.84. The van der Waals surface area contributed by atoms with Gasteiger partial charge in [-0.25, -0.2) is 4.79 Å². The van der Waals surface area contributed by atoms with E-state index in [4.69, 9.17) is 24.1 Å². The first-order valence-electron chi connectivity index (χ1n) is 11.9. The number of thioether (sulfide) groups is 1. The third-order valence-electron chi connectivity index (χ3n) is 4.67. The molecule has 1 rings (SSSR count). The van der Waals surface area contributed by atoms with Gasteiger partial charge in [0.25, 0.3) is 0 Å². The zero-order valence-electron chi connectivity index (χ0n) is 20.6. The minimum Gasteiger partial charge on any atom is -0.478 e. The third kappa shape index (κ3) is 15.1. The molecular formula is C27H40O6S. The fraction of sp³-hybridized carbons (Fsp3) is 0.519. The molecule has 0 aliphatic carbocycles. The molecule has 190 valence electrons. The van der Waals surface area contributed by atoms with Crippen molar-refractivity contribution in [1.29, 1.82) is 0 Å². The molecule has 0 aromatic heterocycles. The van der Waals surface area contributed by atoms with Crippen LogP contribution in [0.15, 0.2) is 59.6 Å². The highest BCUT2D eigenvalue weighted by Gasteiger charge is 2.04. The van der Waals surface area contributed by atoms with Crippen molar-refractivity contribution < 1.29 is 28.8 Å². The highest BCUT2D eigenvalue weighted by atomic mass is 32.2. The van der Waals surface area contributed by atoms with Gasteiger partial charge in [0.2, 0.25) is 0 Å². The normalized spacial score (nSPS) is 12.2. The van der Waals surface area contributed by atoms with Crippen LogP contribution in [-0.4, -0.2) is 63.9 Å². The second-order valence-electron chi connectivity index (χ2n) is 7.46. The fourth-order valence-corrected chi connectivity index (χ4v) is 3.78. The van der Waals surface area contributed by atoms with Crippen molar-refractivity contribution in [3.05, 3.63) is 70.7 Å². The molecule has 34 heavy (non-hydrogen) atoms. The molecule has 6 nitrogen and oxygen atoms in total. The van der Waals surface area contributed by atoms with Gasteiger partial charge < -0.3 is 24.1 Å². The Bertz CT molecular complexity index is 759. The van der Waals surface area contributed by atoms with Gasteiger partial charge in [-0.2, -0.15) is 0 Å². The van der Waals surface area contributed by atoms with Crippen LogP contribution in [0, 0.1) is 0 Å². The van der Waals surface area contributed by atoms with Crippen molar-refractivity contribution in [2.75, 3.05) is 52.9 Å². The SMILES string of the molecule is C=C/C(=C\C(=C/C)SCc1cccc(C(=O)O)c1)CCCOCCOCCOCCOCCC. The van der Waals surface area contributed by atoms with Gasteiger partial charge >= 0.3 is 5.97 Å². The van der Waals surface area contributed by atoms with Gasteiger partial charge in [0, 0.05) is 23.9 Å². The summed E-state index contributed by atoms with van der Waals surface area (Å²) in [6.45, 7) is 13.0. The van der Waals surface area contributed by atoms with Gasteiger partial charge in [0.1, 0.15) is 0 Å². The maximum atomic E-state index is 11.1. The van der Waals surface area contributed by atoms with Crippen LogP contribution >= 0.6 is 11.8 Å². The summed E-state index contributed by atoms with van der Waals surface area (Å²) in [6, 6.07) is 7.06. The maximum absolute atomic E-state index is 11.1. The summed E-state index contributed by atoms with van der Waals surface area (Å²) in [5.74, 6) is -0.193. The fourth-order valence-electron chi connectivity index (χ4n) is 2.87. The second-order valence-corrected chi connectivity index (χ2v) is 8.51. The molecule has 0 heterocycles. The van der Waals surface area contributed by atoms with Crippen LogP contribution in [0.25, 0.3) is 0 Å². The molecule has 1 aromatic carbocycles. The van der Waals surface area contributed by atoms with E-state index in [-0.39, 0.29) is 0 Å². The zero-order chi connectivity index (χ0) is 24.9. The summed E-state index contributed by atoms with van der Waals surface area (Å²) < 4.78 is 21.9. The average molecular weight is 493 g/mol. The van der Waals surface area contributed by atoms with E-state index in [0.717, 1.165) is 41.9 Å². The number of rotatable bonds is 21. The number of carboxylic acids is 1. The smallest absolute Gasteiger partial charge is 0.335 e. The number of carboxylic acid groups (broad SMARTS) is 1. The molecule has 0 saturated carbocycles. The lowest BCUT2D eigenvalue weighted by molar-refractivity contribution is -0.00188. The molecule has 0 atom stereocenters. The van der Waals surface area contributed by atoms with Gasteiger partial charge in [-0.3, -0.25) is 0 Å². The van der Waals surface area contributed by atoms with Crippen LogP contribution in [0.3, 0.4) is 0 Å². The van der Waals surface area contributed by atoms with Crippen LogP contribution in [0.4, 0.5) is 0 Å². The lowest BCUT2D eigenvalue weighted by Gasteiger charge is -2.08. The quantitative estimate of drug-likeness (QED) is 0.169. The van der Waals surface area contributed by atoms with E-state index in [1.54, 1.807) is 30.0 Å². The van der Waals surface area contributed by atoms with Gasteiger partial charge in [0.05, 0.1) is 45.2 Å². The van der Waals surface area contributed by atoms with Crippen LogP contribution in [0.5, 0.6) is 0 Å². The maximum Gasteiger partial charge on any atom is 0.335 e. The minimum absolute atomic E-state index is 0.314. The van der Waals surface area contributed by atoms with E-state index in [9.17, 15) is 4.79 Å². The van der Waals surface area contributed by atoms with Crippen LogP contribution in [0.2, 0.25) is 0 Å². The molecule has 0 fully saturated rings. The van der Waals surface area contributed by atoms with E-state index in [1.165, 1.54) is 0 Å². The van der Waals surface area contributed by atoms with Gasteiger partial charge in [0.15, 0.2) is 0 Å². The first-order chi connectivity index (χ1) is 16.6. The number of ether oxygens (including phenoxy) is 4. The van der Waals surface area contributed by atoms with Crippen molar-refractivity contribution in [3.63, 3.8) is 0 Å². The van der Waals surface area contributed by atoms with E-state index in [1.807, 2.05) is 19.1 Å². The standard InChI is InChI=1S/C27H40O6S/c1-4-12-30-14-16-32-18-19-33-17-15-31-13-8-10-23(5-2)21-26(6-3)34-22-24-9-7-11-25(20-24)27(28)29/h5-7,9,11,20-21H,2,4,8,10,12-19,22H2,1,3H3,(H,28,29)/b23-21+,26-6+. The monoisotopic (exact) mass is 492 g/mol. The Morgan fingerprint density at radius 2 is 1.62 bits per heavy atom. The lowest BCUT2D eigenvalue weighted by Crippen LogP contribution is -2.12. The molecule has 0 aliphatic heterocycles. The van der Waals surface area contributed by atoms with Crippen molar-refractivity contribution in [1.82, 2.24) is 0 Å². The van der Waals surface area contributed by atoms with Crippen LogP contribution in [0.1, 0.15) is 49.0 Å². The number of hydrogen-bond acceptors (Lipinski definition) is 6. The molecule has 1 N–H and O–H groups in total. The van der Waals surface area contributed by atoms with E-state index < -0.39 is 5.97 Å². The summed E-state index contributed by atoms with van der Waals surface area (Å²) in [5.41, 5.74) is 2.45. The Labute approximate surface area is 209 Å². The predicted octanol–water partition coefficient (Wildman–Crippen LogP) is 5.89. The molecule has 0 saturated heterocycles. The Morgan fingerprint density at radius 3 is 2.18 bits per heavy atom. The zero-order valence-corrected chi connectivity index (χ0v) is 21.4. The van der Waals surface area contributed by atoms with Gasteiger partial charge in [-0.1, -0.05) is 37.8 Å². The molecule has 0 amide bonds. The number of benzene rings is 1. The van der Waals surface area contributed by atoms with Crippen LogP contribution < -0.4 is 0 Å². The molecule has 0 radical (unpaired) electrons. The predicted molar refractivity (Wildman–Crippen MR) is 140 cm³/mol. The molecule has 0 spiro atoms. The number of allylic oxidation sites excluding steroid dienone is 4. The van der Waals surface area contributed by atoms with Crippen molar-refractivity contribution in [2.24, 2.45) is 0 Å². The number of aromatic carboxylic acids is 1. The summed E-state index contributed by atoms with van der Waals surface area (Å²) in [4.78, 5) is 12.3. The van der Waals surface area contributed by atoms with Crippen molar-refractivity contribution in [3.8, 4) is 0 Å². The van der Waals surface area contributed by atoms with Crippen molar-refractivity contribution in [2.45, 2.75) is 38.9 Å². The van der Waals surface area contributed by atoms with E-state index >= 15 is 0 Å². The molecule has 1 aromatic rings. The van der Waals surface area contributed by atoms with E-state index in [0.29, 0.717) is 57.6 Å². The van der Waals surface area contributed by atoms with E-state index in [2.05, 4.69) is 25.7 Å². The molecule has 0 bridgehead atoms. The van der Waals surface area contributed by atoms with Gasteiger partial charge in [-0.05, 0) is 55.5 Å². The second kappa shape index (κ2) is 20.5. The first-order valence-corrected chi connectivity index (χ1v) is 12.8. The number of hydrogen-bond donors (Lipinski definition) is 1. The largest absolute Gasteiger partial charge is 0.478 e. The Balaban J connectivity index is 2.17. The van der Waals surface area contributed by atoms with Crippen LogP contribution in [-0.2, 0) is 24.7 Å². The summed E-state index contributed by atoms with van der Waals surface area (Å²) in [6.07, 6.45) is 8.88. The first kappa shape index (κ1) is 30.1. The molecular weight excluding hydrogens is 452 g/mol.